The van der Waals surface area contributed by atoms with E-state index >= 15 is 0 Å². The van der Waals surface area contributed by atoms with E-state index in [1.165, 1.54) is 6.33 Å². The van der Waals surface area contributed by atoms with Gasteiger partial charge in [0.15, 0.2) is 5.82 Å². The van der Waals surface area contributed by atoms with Crippen LogP contribution in [0.4, 0.5) is 5.69 Å². The number of aromatic amines is 2. The van der Waals surface area contributed by atoms with Crippen molar-refractivity contribution in [1.82, 2.24) is 25.4 Å². The fourth-order valence-electron chi connectivity index (χ4n) is 3.14. The van der Waals surface area contributed by atoms with Gasteiger partial charge in [0.25, 0.3) is 0 Å². The number of carbonyl (C=O) groups excluding carboxylic acids is 1. The number of rotatable bonds is 4. The maximum absolute atomic E-state index is 11.6. The molecule has 4 aromatic rings. The van der Waals surface area contributed by atoms with Crippen molar-refractivity contribution < 1.29 is 4.79 Å². The average Bonchev–Trinajstić information content (AvgIpc) is 3.31. The predicted molar refractivity (Wildman–Crippen MR) is 105 cm³/mol. The highest BCUT2D eigenvalue weighted by Crippen LogP contribution is 2.32. The number of carbonyl (C=O) groups is 1. The second-order valence-corrected chi connectivity index (χ2v) is 7.36. The number of hydrogen-bond acceptors (Lipinski definition) is 4. The minimum atomic E-state index is -0.312. The number of fused-ring (bicyclic) bond motifs is 1. The Kier molecular flexibility index (Phi) is 3.99. The van der Waals surface area contributed by atoms with Crippen LogP contribution >= 0.6 is 0 Å². The minimum absolute atomic E-state index is 0.312. The smallest absolute Gasteiger partial charge is 0.214 e. The Morgan fingerprint density at radius 3 is 2.59 bits per heavy atom. The number of aromatic nitrogens is 5. The molecule has 0 radical (unpaired) electrons. The number of anilines is 1. The van der Waals surface area contributed by atoms with Gasteiger partial charge in [-0.15, -0.1) is 0 Å². The second kappa shape index (κ2) is 6.35. The molecule has 0 aliphatic heterocycles. The van der Waals surface area contributed by atoms with Crippen molar-refractivity contribution in [3.8, 4) is 22.6 Å². The largest absolute Gasteiger partial charge is 0.310 e. The van der Waals surface area contributed by atoms with E-state index in [0.717, 1.165) is 39.8 Å². The molecular formula is C20H20N6O. The van der Waals surface area contributed by atoms with E-state index < -0.39 is 0 Å². The van der Waals surface area contributed by atoms with Gasteiger partial charge in [-0.25, -0.2) is 4.98 Å². The van der Waals surface area contributed by atoms with Gasteiger partial charge in [-0.3, -0.25) is 15.0 Å². The minimum Gasteiger partial charge on any atom is -0.310 e. The molecule has 2 N–H and O–H groups in total. The first-order valence-electron chi connectivity index (χ1n) is 8.66. The summed E-state index contributed by atoms with van der Waals surface area (Å²) in [7, 11) is 0. The summed E-state index contributed by atoms with van der Waals surface area (Å²) >= 11 is 0. The number of H-pyrrole nitrogens is 2. The molecule has 0 saturated heterocycles. The van der Waals surface area contributed by atoms with E-state index in [1.807, 2.05) is 63.2 Å². The van der Waals surface area contributed by atoms with Crippen molar-refractivity contribution >= 4 is 23.0 Å². The number of benzene rings is 2. The van der Waals surface area contributed by atoms with Gasteiger partial charge in [0.1, 0.15) is 6.33 Å². The third kappa shape index (κ3) is 3.08. The second-order valence-electron chi connectivity index (χ2n) is 7.36. The van der Waals surface area contributed by atoms with Crippen molar-refractivity contribution in [3.63, 3.8) is 0 Å². The van der Waals surface area contributed by atoms with Crippen LogP contribution in [0.15, 0.2) is 48.8 Å². The van der Waals surface area contributed by atoms with Crippen LogP contribution in [0.3, 0.4) is 0 Å². The Labute approximate surface area is 156 Å². The van der Waals surface area contributed by atoms with E-state index in [1.54, 1.807) is 4.90 Å². The summed E-state index contributed by atoms with van der Waals surface area (Å²) in [5.41, 5.74) is 4.15. The van der Waals surface area contributed by atoms with Crippen LogP contribution in [0.1, 0.15) is 20.8 Å². The van der Waals surface area contributed by atoms with Crippen LogP contribution in [0.2, 0.25) is 0 Å². The number of nitrogens with zero attached hydrogens (tertiary/aromatic N) is 4. The summed E-state index contributed by atoms with van der Waals surface area (Å²) in [6, 6.07) is 13.8. The molecule has 0 spiro atoms. The Bertz CT molecular complexity index is 1090. The highest BCUT2D eigenvalue weighted by molar-refractivity contribution is 5.96. The fourth-order valence-corrected chi connectivity index (χ4v) is 3.14. The van der Waals surface area contributed by atoms with E-state index in [-0.39, 0.29) is 5.54 Å². The highest BCUT2D eigenvalue weighted by Gasteiger charge is 2.22. The summed E-state index contributed by atoms with van der Waals surface area (Å²) < 4.78 is 0. The summed E-state index contributed by atoms with van der Waals surface area (Å²) in [6.07, 6.45) is 2.35. The van der Waals surface area contributed by atoms with Gasteiger partial charge >= 0.3 is 0 Å². The van der Waals surface area contributed by atoms with Crippen molar-refractivity contribution in [1.29, 1.82) is 0 Å². The molecule has 2 aromatic heterocycles. The molecule has 4 rings (SSSR count). The van der Waals surface area contributed by atoms with E-state index in [9.17, 15) is 4.79 Å². The van der Waals surface area contributed by atoms with Crippen molar-refractivity contribution in [2.75, 3.05) is 4.90 Å². The Morgan fingerprint density at radius 2 is 1.89 bits per heavy atom. The van der Waals surface area contributed by atoms with Crippen LogP contribution in [0, 0.1) is 0 Å². The lowest BCUT2D eigenvalue weighted by Gasteiger charge is -2.32. The van der Waals surface area contributed by atoms with E-state index in [2.05, 4.69) is 25.4 Å². The van der Waals surface area contributed by atoms with Crippen LogP contribution in [0.5, 0.6) is 0 Å². The molecule has 2 aromatic carbocycles. The highest BCUT2D eigenvalue weighted by atomic mass is 16.1. The fraction of sp³-hybridized carbons (Fsp3) is 0.200. The van der Waals surface area contributed by atoms with Crippen LogP contribution in [0.25, 0.3) is 33.5 Å². The third-order valence-electron chi connectivity index (χ3n) is 4.48. The van der Waals surface area contributed by atoms with Crippen LogP contribution < -0.4 is 4.90 Å². The summed E-state index contributed by atoms with van der Waals surface area (Å²) in [6.45, 7) is 6.01. The first-order valence-corrected chi connectivity index (χ1v) is 8.66. The Balaban J connectivity index is 1.82. The van der Waals surface area contributed by atoms with Crippen molar-refractivity contribution in [2.24, 2.45) is 0 Å². The number of hydrogen-bond donors (Lipinski definition) is 2. The first kappa shape index (κ1) is 17.0. The molecule has 0 atom stereocenters. The van der Waals surface area contributed by atoms with Gasteiger partial charge in [-0.2, -0.15) is 10.2 Å². The average molecular weight is 360 g/mol. The van der Waals surface area contributed by atoms with Crippen molar-refractivity contribution in [2.45, 2.75) is 26.3 Å². The third-order valence-corrected chi connectivity index (χ3v) is 4.48. The molecule has 0 aliphatic rings. The lowest BCUT2D eigenvalue weighted by atomic mass is 10.0. The summed E-state index contributed by atoms with van der Waals surface area (Å²) in [5, 5.41) is 15.3. The van der Waals surface area contributed by atoms with Crippen LogP contribution in [-0.4, -0.2) is 37.3 Å². The molecule has 0 aliphatic carbocycles. The summed E-state index contributed by atoms with van der Waals surface area (Å²) in [5.74, 6) is 0.706. The molecule has 0 unspecified atom stereocenters. The quantitative estimate of drug-likeness (QED) is 0.542. The van der Waals surface area contributed by atoms with Gasteiger partial charge < -0.3 is 4.90 Å². The van der Waals surface area contributed by atoms with Gasteiger partial charge in [0.05, 0.1) is 11.2 Å². The molecule has 7 nitrogen and oxygen atoms in total. The first-order chi connectivity index (χ1) is 13.0. The molecule has 2 heterocycles. The molecular weight excluding hydrogens is 340 g/mol. The van der Waals surface area contributed by atoms with Gasteiger partial charge in [-0.05, 0) is 51.1 Å². The number of amides is 1. The Hall–Kier alpha value is -3.48. The van der Waals surface area contributed by atoms with Gasteiger partial charge in [0.2, 0.25) is 6.41 Å². The lowest BCUT2D eigenvalue weighted by Crippen LogP contribution is -2.40. The topological polar surface area (TPSA) is 90.6 Å². The van der Waals surface area contributed by atoms with Gasteiger partial charge in [0, 0.05) is 27.7 Å². The monoisotopic (exact) mass is 360 g/mol. The molecule has 7 heteroatoms. The molecule has 27 heavy (non-hydrogen) atoms. The molecule has 0 saturated carbocycles. The SMILES string of the molecule is CC(C)(C)N(C=O)c1cccc(-c2n[nH]c3ccc(-c4ncn[nH]4)cc23)c1. The van der Waals surface area contributed by atoms with Crippen LogP contribution in [-0.2, 0) is 4.79 Å². The van der Waals surface area contributed by atoms with Gasteiger partial charge in [-0.1, -0.05) is 12.1 Å². The maximum Gasteiger partial charge on any atom is 0.214 e. The zero-order chi connectivity index (χ0) is 19.0. The maximum atomic E-state index is 11.6. The lowest BCUT2D eigenvalue weighted by molar-refractivity contribution is -0.108. The van der Waals surface area contributed by atoms with E-state index in [4.69, 9.17) is 0 Å². The summed E-state index contributed by atoms with van der Waals surface area (Å²) in [4.78, 5) is 17.6. The van der Waals surface area contributed by atoms with E-state index in [0.29, 0.717) is 5.82 Å². The van der Waals surface area contributed by atoms with Crippen molar-refractivity contribution in [3.05, 3.63) is 48.8 Å². The molecule has 1 amide bonds. The molecule has 136 valence electrons. The standard InChI is InChI=1S/C20H20N6O/c1-20(2,3)26(12-27)15-6-4-5-13(9-15)18-16-10-14(19-21-11-22-25-19)7-8-17(16)23-24-18/h4-12H,1-3H3,(H,23,24)(H,21,22,25). The zero-order valence-electron chi connectivity index (χ0n) is 15.4. The molecule has 0 fully saturated rings. The number of nitrogens with one attached hydrogen (secondary N) is 2. The molecule has 0 bridgehead atoms. The normalized spacial score (nSPS) is 11.7. The predicted octanol–water partition coefficient (Wildman–Crippen LogP) is 3.78. The zero-order valence-corrected chi connectivity index (χ0v) is 15.4. The Morgan fingerprint density at radius 1 is 1.04 bits per heavy atom.